The largest absolute Gasteiger partial charge is 0.573 e. The molecule has 35 heavy (non-hydrogen) atoms. The number of fused-ring (bicyclic) bond motifs is 1. The Morgan fingerprint density at radius 1 is 1.00 bits per heavy atom. The van der Waals surface area contributed by atoms with Crippen LogP contribution in [-0.2, 0) is 11.4 Å². The standard InChI is InChI=1S/C25H23F4NO5/c1-24(2,3)21(23(32)33)30-22(31)18-11-7-15-6-8-16(26)12-19(15)20(18)34-13-14-4-9-17(10-5-14)35-25(27,28)29/h4-12,21H,13H2,1-3H3,(H,30,31)(H,32,33)/t21-/m0/s1. The first kappa shape index (κ1) is 25.8. The van der Waals surface area contributed by atoms with Crippen LogP contribution in [0.3, 0.4) is 0 Å². The third-order valence-electron chi connectivity index (χ3n) is 5.11. The second kappa shape index (κ2) is 9.81. The van der Waals surface area contributed by atoms with Gasteiger partial charge < -0.3 is 19.9 Å². The summed E-state index contributed by atoms with van der Waals surface area (Å²) in [5.41, 5.74) is -0.362. The van der Waals surface area contributed by atoms with Crippen LogP contribution >= 0.6 is 0 Å². The third kappa shape index (κ3) is 6.62. The number of amides is 1. The first-order valence-corrected chi connectivity index (χ1v) is 10.5. The molecule has 0 aromatic heterocycles. The zero-order valence-corrected chi connectivity index (χ0v) is 19.1. The Kier molecular flexibility index (Phi) is 7.23. The van der Waals surface area contributed by atoms with Gasteiger partial charge in [0.15, 0.2) is 0 Å². The van der Waals surface area contributed by atoms with Gasteiger partial charge in [0, 0.05) is 5.39 Å². The van der Waals surface area contributed by atoms with E-state index in [1.54, 1.807) is 26.8 Å². The summed E-state index contributed by atoms with van der Waals surface area (Å²) in [4.78, 5) is 24.8. The molecule has 0 fully saturated rings. The Bertz CT molecular complexity index is 1230. The van der Waals surface area contributed by atoms with E-state index in [-0.39, 0.29) is 23.3 Å². The molecule has 2 N–H and O–H groups in total. The van der Waals surface area contributed by atoms with Crippen molar-refractivity contribution in [1.82, 2.24) is 5.32 Å². The zero-order valence-electron chi connectivity index (χ0n) is 19.1. The predicted octanol–water partition coefficient (Wildman–Crippen LogP) is 5.69. The molecule has 0 unspecified atom stereocenters. The van der Waals surface area contributed by atoms with E-state index in [2.05, 4.69) is 10.1 Å². The van der Waals surface area contributed by atoms with Gasteiger partial charge >= 0.3 is 12.3 Å². The Hall–Kier alpha value is -3.82. The van der Waals surface area contributed by atoms with Crippen LogP contribution in [0.4, 0.5) is 17.6 Å². The van der Waals surface area contributed by atoms with E-state index in [0.29, 0.717) is 10.9 Å². The lowest BCUT2D eigenvalue weighted by molar-refractivity contribution is -0.274. The SMILES string of the molecule is CC(C)(C)[C@@H](NC(=O)c1ccc2ccc(F)cc2c1OCc1ccc(OC(F)(F)F)cc1)C(=O)O. The van der Waals surface area contributed by atoms with Crippen molar-refractivity contribution < 1.29 is 41.7 Å². The van der Waals surface area contributed by atoms with Crippen LogP contribution in [0.25, 0.3) is 10.8 Å². The van der Waals surface area contributed by atoms with Crippen LogP contribution in [0.15, 0.2) is 54.6 Å². The van der Waals surface area contributed by atoms with Crippen molar-refractivity contribution >= 4 is 22.6 Å². The molecule has 0 saturated carbocycles. The molecule has 3 aromatic rings. The maximum absolute atomic E-state index is 14.0. The minimum absolute atomic E-state index is 0.00756. The Balaban J connectivity index is 1.94. The molecule has 6 nitrogen and oxygen atoms in total. The van der Waals surface area contributed by atoms with Crippen LogP contribution in [0, 0.1) is 11.2 Å². The normalized spacial score (nSPS) is 12.8. The van der Waals surface area contributed by atoms with Crippen LogP contribution in [0.1, 0.15) is 36.7 Å². The van der Waals surface area contributed by atoms with E-state index in [1.165, 1.54) is 36.4 Å². The number of hydrogen-bond acceptors (Lipinski definition) is 4. The lowest BCUT2D eigenvalue weighted by Gasteiger charge is -2.28. The molecule has 0 radical (unpaired) electrons. The van der Waals surface area contributed by atoms with Crippen LogP contribution in [-0.4, -0.2) is 29.4 Å². The van der Waals surface area contributed by atoms with Crippen molar-refractivity contribution in [3.63, 3.8) is 0 Å². The fraction of sp³-hybridized carbons (Fsp3) is 0.280. The Labute approximate surface area is 198 Å². The Morgan fingerprint density at radius 2 is 1.63 bits per heavy atom. The topological polar surface area (TPSA) is 84.9 Å². The van der Waals surface area contributed by atoms with E-state index in [1.807, 2.05) is 0 Å². The summed E-state index contributed by atoms with van der Waals surface area (Å²) in [6, 6.07) is 10.7. The number of carboxylic acid groups (broad SMARTS) is 1. The number of hydrogen-bond donors (Lipinski definition) is 2. The first-order valence-electron chi connectivity index (χ1n) is 10.5. The van der Waals surface area contributed by atoms with Gasteiger partial charge in [0.1, 0.15) is 30.0 Å². The molecule has 10 heteroatoms. The zero-order chi connectivity index (χ0) is 26.0. The quantitative estimate of drug-likeness (QED) is 0.414. The minimum Gasteiger partial charge on any atom is -0.487 e. The summed E-state index contributed by atoms with van der Waals surface area (Å²) < 4.78 is 60.8. The van der Waals surface area contributed by atoms with Gasteiger partial charge in [-0.1, -0.05) is 45.0 Å². The van der Waals surface area contributed by atoms with Gasteiger partial charge in [-0.3, -0.25) is 4.79 Å². The van der Waals surface area contributed by atoms with Gasteiger partial charge in [0.2, 0.25) is 0 Å². The number of carbonyl (C=O) groups excluding carboxylic acids is 1. The van der Waals surface area contributed by atoms with E-state index in [9.17, 15) is 32.3 Å². The van der Waals surface area contributed by atoms with E-state index >= 15 is 0 Å². The molecule has 0 aliphatic heterocycles. The molecule has 0 saturated heterocycles. The fourth-order valence-electron chi connectivity index (χ4n) is 3.40. The van der Waals surface area contributed by atoms with Gasteiger partial charge in [-0.05, 0) is 46.7 Å². The predicted molar refractivity (Wildman–Crippen MR) is 120 cm³/mol. The summed E-state index contributed by atoms with van der Waals surface area (Å²) in [6.07, 6.45) is -4.83. The highest BCUT2D eigenvalue weighted by Gasteiger charge is 2.34. The highest BCUT2D eigenvalue weighted by atomic mass is 19.4. The van der Waals surface area contributed by atoms with Crippen molar-refractivity contribution in [3.05, 3.63) is 71.5 Å². The maximum Gasteiger partial charge on any atom is 0.573 e. The summed E-state index contributed by atoms with van der Waals surface area (Å²) in [5, 5.41) is 12.9. The number of carboxylic acids is 1. The summed E-state index contributed by atoms with van der Waals surface area (Å²) in [6.45, 7) is 4.81. The molecule has 186 valence electrons. The molecule has 3 rings (SSSR count). The summed E-state index contributed by atoms with van der Waals surface area (Å²) in [7, 11) is 0. The average Bonchev–Trinajstić information content (AvgIpc) is 2.74. The molecular formula is C25H23F4NO5. The highest BCUT2D eigenvalue weighted by Crippen LogP contribution is 2.32. The van der Waals surface area contributed by atoms with Crippen molar-refractivity contribution in [3.8, 4) is 11.5 Å². The lowest BCUT2D eigenvalue weighted by atomic mass is 9.86. The minimum atomic E-state index is -4.83. The second-order valence-electron chi connectivity index (χ2n) is 8.90. The van der Waals surface area contributed by atoms with E-state index < -0.39 is 41.3 Å². The number of rotatable bonds is 7. The number of carbonyl (C=O) groups is 2. The average molecular weight is 493 g/mol. The molecule has 0 spiro atoms. The van der Waals surface area contributed by atoms with Crippen LogP contribution in [0.2, 0.25) is 0 Å². The van der Waals surface area contributed by atoms with Crippen LogP contribution in [0.5, 0.6) is 11.5 Å². The highest BCUT2D eigenvalue weighted by molar-refractivity contribution is 6.05. The van der Waals surface area contributed by atoms with Crippen molar-refractivity contribution in [2.24, 2.45) is 5.41 Å². The third-order valence-corrected chi connectivity index (χ3v) is 5.11. The molecular weight excluding hydrogens is 470 g/mol. The van der Waals surface area contributed by atoms with Crippen molar-refractivity contribution in [2.45, 2.75) is 39.8 Å². The monoisotopic (exact) mass is 493 g/mol. The summed E-state index contributed by atoms with van der Waals surface area (Å²) in [5.74, 6) is -2.93. The number of nitrogens with one attached hydrogen (secondary N) is 1. The van der Waals surface area contributed by atoms with Gasteiger partial charge in [-0.2, -0.15) is 0 Å². The van der Waals surface area contributed by atoms with E-state index in [4.69, 9.17) is 4.74 Å². The smallest absolute Gasteiger partial charge is 0.487 e. The molecule has 1 amide bonds. The maximum atomic E-state index is 14.0. The number of halogens is 4. The van der Waals surface area contributed by atoms with Crippen molar-refractivity contribution in [1.29, 1.82) is 0 Å². The molecule has 0 aliphatic carbocycles. The number of alkyl halides is 3. The molecule has 0 bridgehead atoms. The molecule has 1 atom stereocenters. The number of aliphatic carboxylic acids is 1. The van der Waals surface area contributed by atoms with Gasteiger partial charge in [-0.15, -0.1) is 13.2 Å². The van der Waals surface area contributed by atoms with Crippen molar-refractivity contribution in [2.75, 3.05) is 0 Å². The number of ether oxygens (including phenoxy) is 2. The summed E-state index contributed by atoms with van der Waals surface area (Å²) >= 11 is 0. The second-order valence-corrected chi connectivity index (χ2v) is 8.90. The fourth-order valence-corrected chi connectivity index (χ4v) is 3.40. The molecule has 0 heterocycles. The van der Waals surface area contributed by atoms with Gasteiger partial charge in [0.05, 0.1) is 5.56 Å². The number of benzene rings is 3. The lowest BCUT2D eigenvalue weighted by Crippen LogP contribution is -2.49. The first-order chi connectivity index (χ1) is 16.2. The van der Waals surface area contributed by atoms with Gasteiger partial charge in [-0.25, -0.2) is 9.18 Å². The molecule has 3 aromatic carbocycles. The van der Waals surface area contributed by atoms with E-state index in [0.717, 1.165) is 12.1 Å². The molecule has 0 aliphatic rings. The van der Waals surface area contributed by atoms with Gasteiger partial charge in [0.25, 0.3) is 5.91 Å². The Morgan fingerprint density at radius 3 is 2.20 bits per heavy atom. The van der Waals surface area contributed by atoms with Crippen LogP contribution < -0.4 is 14.8 Å².